The Hall–Kier alpha value is -1.40. The van der Waals surface area contributed by atoms with Crippen LogP contribution in [0.5, 0.6) is 0 Å². The van der Waals surface area contributed by atoms with Crippen LogP contribution < -0.4 is 0 Å². The first kappa shape index (κ1) is 17.0. The fourth-order valence-electron chi connectivity index (χ4n) is 2.51. The first-order chi connectivity index (χ1) is 10.0. The summed E-state index contributed by atoms with van der Waals surface area (Å²) < 4.78 is 48.6. The number of rotatable bonds is 4. The van der Waals surface area contributed by atoms with Crippen molar-refractivity contribution in [3.05, 3.63) is 35.4 Å². The van der Waals surface area contributed by atoms with Crippen LogP contribution in [0.1, 0.15) is 38.3 Å². The number of alkyl halides is 3. The Morgan fingerprint density at radius 3 is 2.36 bits per heavy atom. The lowest BCUT2D eigenvalue weighted by Crippen LogP contribution is -2.31. The zero-order chi connectivity index (χ0) is 16.6. The second-order valence-corrected chi connectivity index (χ2v) is 6.21. The highest BCUT2D eigenvalue weighted by atomic mass is 19.4. The lowest BCUT2D eigenvalue weighted by Gasteiger charge is -2.28. The number of benzene rings is 1. The van der Waals surface area contributed by atoms with Gasteiger partial charge >= 0.3 is 6.18 Å². The van der Waals surface area contributed by atoms with E-state index in [9.17, 15) is 18.0 Å². The molecule has 0 bridgehead atoms. The van der Waals surface area contributed by atoms with Gasteiger partial charge in [-0.3, -0.25) is 4.79 Å². The summed E-state index contributed by atoms with van der Waals surface area (Å²) in [6.07, 6.45) is -5.41. The summed E-state index contributed by atoms with van der Waals surface area (Å²) in [7, 11) is 0. The van der Waals surface area contributed by atoms with Crippen LogP contribution in [0, 0.1) is 0 Å². The third kappa shape index (κ3) is 3.50. The fraction of sp³-hybridized carbons (Fsp3) is 0.562. The minimum Gasteiger partial charge on any atom is -0.344 e. The second kappa shape index (κ2) is 5.66. The quantitative estimate of drug-likeness (QED) is 0.849. The normalized spacial score (nSPS) is 18.5. The highest BCUT2D eigenvalue weighted by Gasteiger charge is 2.42. The summed E-state index contributed by atoms with van der Waals surface area (Å²) in [5.74, 6) is -2.61. The molecular formula is C16H19F3O3. The monoisotopic (exact) mass is 316 g/mol. The molecule has 0 radical (unpaired) electrons. The predicted molar refractivity (Wildman–Crippen MR) is 74.4 cm³/mol. The molecule has 22 heavy (non-hydrogen) atoms. The Labute approximate surface area is 127 Å². The molecule has 122 valence electrons. The van der Waals surface area contributed by atoms with Crippen LogP contribution in [0.3, 0.4) is 0 Å². The molecule has 3 nitrogen and oxygen atoms in total. The Morgan fingerprint density at radius 2 is 1.82 bits per heavy atom. The van der Waals surface area contributed by atoms with Gasteiger partial charge in [-0.2, -0.15) is 13.2 Å². The average molecular weight is 316 g/mol. The van der Waals surface area contributed by atoms with Gasteiger partial charge < -0.3 is 9.47 Å². The van der Waals surface area contributed by atoms with E-state index in [4.69, 9.17) is 9.47 Å². The van der Waals surface area contributed by atoms with Crippen LogP contribution in [0.2, 0.25) is 0 Å². The number of hydrogen-bond acceptors (Lipinski definition) is 3. The second-order valence-electron chi connectivity index (χ2n) is 6.21. The van der Waals surface area contributed by atoms with E-state index in [0.717, 1.165) is 5.56 Å². The van der Waals surface area contributed by atoms with Gasteiger partial charge in [0.25, 0.3) is 0 Å². The third-order valence-electron chi connectivity index (χ3n) is 3.93. The molecule has 0 aliphatic carbocycles. The maximum Gasteiger partial charge on any atom is 0.450 e. The number of carbonyl (C=O) groups excluding carboxylic acids is 1. The van der Waals surface area contributed by atoms with Crippen molar-refractivity contribution in [3.8, 4) is 0 Å². The van der Waals surface area contributed by atoms with Crippen molar-refractivity contribution in [3.63, 3.8) is 0 Å². The number of carbonyl (C=O) groups is 1. The Bertz CT molecular complexity index is 558. The molecular weight excluding hydrogens is 297 g/mol. The van der Waals surface area contributed by atoms with Crippen molar-refractivity contribution in [2.75, 3.05) is 13.2 Å². The first-order valence-electron chi connectivity index (χ1n) is 7.04. The highest BCUT2D eigenvalue weighted by Crippen LogP contribution is 2.36. The van der Waals surface area contributed by atoms with Gasteiger partial charge in [-0.1, -0.05) is 32.0 Å². The lowest BCUT2D eigenvalue weighted by atomic mass is 9.79. The molecule has 0 spiro atoms. The standard InChI is InChI=1S/C16H19F3O3/c1-14(2,10-13(20)16(17,18)19)11-5-4-6-12(9-11)15(3)21-7-8-22-15/h4-6,9H,7-8,10H2,1-3H3. The van der Waals surface area contributed by atoms with Crippen LogP contribution in [0.4, 0.5) is 13.2 Å². The average Bonchev–Trinajstić information content (AvgIpc) is 2.86. The van der Waals surface area contributed by atoms with Crippen molar-refractivity contribution >= 4 is 5.78 Å². The Balaban J connectivity index is 2.26. The van der Waals surface area contributed by atoms with Gasteiger partial charge in [0.2, 0.25) is 5.78 Å². The first-order valence-corrected chi connectivity index (χ1v) is 7.04. The molecule has 6 heteroatoms. The summed E-state index contributed by atoms with van der Waals surface area (Å²) in [4.78, 5) is 11.3. The van der Waals surface area contributed by atoms with Crippen LogP contribution in [0.15, 0.2) is 24.3 Å². The summed E-state index contributed by atoms with van der Waals surface area (Å²) in [5.41, 5.74) is 0.440. The molecule has 1 aliphatic heterocycles. The molecule has 0 unspecified atom stereocenters. The van der Waals surface area contributed by atoms with E-state index >= 15 is 0 Å². The number of ether oxygens (including phenoxy) is 2. The van der Waals surface area contributed by atoms with Crippen molar-refractivity contribution in [1.82, 2.24) is 0 Å². The molecule has 1 aliphatic rings. The molecule has 0 saturated carbocycles. The molecule has 0 amide bonds. The SMILES string of the molecule is CC(C)(CC(=O)C(F)(F)F)c1cccc(C2(C)OCCO2)c1. The van der Waals surface area contributed by atoms with E-state index in [2.05, 4.69) is 0 Å². The van der Waals surface area contributed by atoms with Gasteiger partial charge in [0.15, 0.2) is 5.79 Å². The topological polar surface area (TPSA) is 35.5 Å². The van der Waals surface area contributed by atoms with Gasteiger partial charge in [0.1, 0.15) is 0 Å². The molecule has 0 atom stereocenters. The van der Waals surface area contributed by atoms with Gasteiger partial charge in [0, 0.05) is 12.0 Å². The summed E-state index contributed by atoms with van der Waals surface area (Å²) in [5, 5.41) is 0. The molecule has 1 heterocycles. The molecule has 1 aromatic rings. The summed E-state index contributed by atoms with van der Waals surface area (Å²) in [6, 6.07) is 7.00. The van der Waals surface area contributed by atoms with Gasteiger partial charge in [-0.15, -0.1) is 0 Å². The zero-order valence-corrected chi connectivity index (χ0v) is 12.8. The van der Waals surface area contributed by atoms with Gasteiger partial charge in [-0.25, -0.2) is 0 Å². The van der Waals surface area contributed by atoms with Crippen LogP contribution >= 0.6 is 0 Å². The largest absolute Gasteiger partial charge is 0.450 e. The van der Waals surface area contributed by atoms with Crippen LogP contribution in [-0.2, 0) is 25.5 Å². The smallest absolute Gasteiger partial charge is 0.344 e. The lowest BCUT2D eigenvalue weighted by molar-refractivity contribution is -0.172. The Morgan fingerprint density at radius 1 is 1.23 bits per heavy atom. The van der Waals surface area contributed by atoms with Crippen molar-refractivity contribution in [1.29, 1.82) is 0 Å². The number of ketones is 1. The minimum absolute atomic E-state index is 0.469. The summed E-state index contributed by atoms with van der Waals surface area (Å²) >= 11 is 0. The molecule has 1 fully saturated rings. The minimum atomic E-state index is -4.81. The van der Waals surface area contributed by atoms with E-state index in [0.29, 0.717) is 18.8 Å². The van der Waals surface area contributed by atoms with Gasteiger partial charge in [0.05, 0.1) is 13.2 Å². The molecule has 0 N–H and O–H groups in total. The maximum atomic E-state index is 12.5. The van der Waals surface area contributed by atoms with Crippen molar-refractivity contribution in [2.45, 2.75) is 44.6 Å². The van der Waals surface area contributed by atoms with E-state index in [-0.39, 0.29) is 0 Å². The number of Topliss-reactive ketones (excluding diaryl/α,β-unsaturated/α-hetero) is 1. The maximum absolute atomic E-state index is 12.5. The molecule has 1 aromatic carbocycles. The zero-order valence-electron chi connectivity index (χ0n) is 12.8. The fourth-order valence-corrected chi connectivity index (χ4v) is 2.51. The number of halogens is 3. The van der Waals surface area contributed by atoms with Crippen LogP contribution in [0.25, 0.3) is 0 Å². The van der Waals surface area contributed by atoms with Crippen molar-refractivity contribution in [2.24, 2.45) is 0 Å². The van der Waals surface area contributed by atoms with E-state index in [1.165, 1.54) is 0 Å². The van der Waals surface area contributed by atoms with E-state index in [1.54, 1.807) is 45.0 Å². The van der Waals surface area contributed by atoms with E-state index in [1.807, 2.05) is 0 Å². The Kier molecular flexibility index (Phi) is 4.37. The summed E-state index contributed by atoms with van der Waals surface area (Å²) in [6.45, 7) is 5.95. The third-order valence-corrected chi connectivity index (χ3v) is 3.93. The van der Waals surface area contributed by atoms with Crippen molar-refractivity contribution < 1.29 is 27.4 Å². The molecule has 1 saturated heterocycles. The van der Waals surface area contributed by atoms with Crippen LogP contribution in [-0.4, -0.2) is 25.2 Å². The molecule has 2 rings (SSSR count). The highest BCUT2D eigenvalue weighted by molar-refractivity contribution is 5.85. The van der Waals surface area contributed by atoms with E-state index < -0.39 is 29.6 Å². The van der Waals surface area contributed by atoms with Gasteiger partial charge in [-0.05, 0) is 24.0 Å². The number of hydrogen-bond donors (Lipinski definition) is 0. The predicted octanol–water partition coefficient (Wildman–Crippen LogP) is 3.71. The molecule has 0 aromatic heterocycles.